The van der Waals surface area contributed by atoms with Crippen LogP contribution in [0.15, 0.2) is 28.7 Å². The number of hydrogen-bond donors (Lipinski definition) is 0. The van der Waals surface area contributed by atoms with Gasteiger partial charge in [-0.05, 0) is 56.4 Å². The van der Waals surface area contributed by atoms with Gasteiger partial charge in [0.1, 0.15) is 11.3 Å². The molecule has 0 aliphatic carbocycles. The van der Waals surface area contributed by atoms with E-state index in [1.807, 2.05) is 41.0 Å². The molecule has 150 valence electrons. The Labute approximate surface area is 165 Å². The number of nitrogens with zero attached hydrogens (tertiary/aromatic N) is 2. The normalized spacial score (nSPS) is 22.6. The van der Waals surface area contributed by atoms with Crippen LogP contribution in [0, 0.1) is 12.8 Å². The lowest BCUT2D eigenvalue weighted by Gasteiger charge is -2.47. The second-order valence-electron chi connectivity index (χ2n) is 7.95. The average molecular weight is 384 g/mol. The van der Waals surface area contributed by atoms with Gasteiger partial charge in [0.05, 0.1) is 0 Å². The molecule has 2 fully saturated rings. The van der Waals surface area contributed by atoms with Crippen LogP contribution in [0.5, 0.6) is 0 Å². The van der Waals surface area contributed by atoms with Crippen LogP contribution >= 0.6 is 0 Å². The first-order valence-electron chi connectivity index (χ1n) is 10.1. The van der Waals surface area contributed by atoms with E-state index < -0.39 is 0 Å². The summed E-state index contributed by atoms with van der Waals surface area (Å²) in [4.78, 5) is 29.5. The molecule has 0 radical (unpaired) electrons. The molecule has 0 saturated carbocycles. The van der Waals surface area contributed by atoms with Crippen LogP contribution in [-0.2, 0) is 9.53 Å². The molecule has 2 amide bonds. The third kappa shape index (κ3) is 3.65. The van der Waals surface area contributed by atoms with Crippen molar-refractivity contribution >= 4 is 22.8 Å². The van der Waals surface area contributed by atoms with Crippen molar-refractivity contribution in [3.63, 3.8) is 0 Å². The molecule has 2 atom stereocenters. The molecule has 0 unspecified atom stereocenters. The zero-order chi connectivity index (χ0) is 19.7. The first-order valence-corrected chi connectivity index (χ1v) is 10.1. The summed E-state index contributed by atoms with van der Waals surface area (Å²) in [5.74, 6) is 1.53. The summed E-state index contributed by atoms with van der Waals surface area (Å²) in [6.45, 7) is 4.74. The van der Waals surface area contributed by atoms with Crippen LogP contribution in [0.4, 0.5) is 0 Å². The Hall–Kier alpha value is -2.34. The molecule has 2 aliphatic heterocycles. The van der Waals surface area contributed by atoms with Crippen molar-refractivity contribution in [3.8, 4) is 0 Å². The minimum atomic E-state index is 0.0713. The van der Waals surface area contributed by atoms with Gasteiger partial charge in [0.2, 0.25) is 5.91 Å². The van der Waals surface area contributed by atoms with Gasteiger partial charge in [-0.3, -0.25) is 9.59 Å². The molecule has 1 aromatic heterocycles. The summed E-state index contributed by atoms with van der Waals surface area (Å²) < 4.78 is 10.7. The lowest BCUT2D eigenvalue weighted by atomic mass is 9.83. The molecule has 2 aromatic rings. The maximum atomic E-state index is 13.1. The number of furan rings is 1. The van der Waals surface area contributed by atoms with Crippen molar-refractivity contribution < 1.29 is 18.7 Å². The van der Waals surface area contributed by atoms with E-state index >= 15 is 0 Å². The van der Waals surface area contributed by atoms with Crippen molar-refractivity contribution in [1.29, 1.82) is 0 Å². The van der Waals surface area contributed by atoms with E-state index in [1.165, 1.54) is 0 Å². The molecule has 6 nitrogen and oxygen atoms in total. The first-order chi connectivity index (χ1) is 13.6. The molecule has 1 aromatic carbocycles. The number of carbonyl (C=O) groups excluding carboxylic acids is 2. The predicted molar refractivity (Wildman–Crippen MR) is 106 cm³/mol. The summed E-state index contributed by atoms with van der Waals surface area (Å²) in [7, 11) is 1.69. The second-order valence-corrected chi connectivity index (χ2v) is 7.95. The van der Waals surface area contributed by atoms with E-state index in [2.05, 4.69) is 0 Å². The van der Waals surface area contributed by atoms with Crippen LogP contribution < -0.4 is 0 Å². The number of carbonyl (C=O) groups is 2. The molecular formula is C22H28N2O4. The highest BCUT2D eigenvalue weighted by atomic mass is 16.5. The fourth-order valence-corrected chi connectivity index (χ4v) is 4.70. The van der Waals surface area contributed by atoms with Gasteiger partial charge in [-0.15, -0.1) is 0 Å². The number of fused-ring (bicyclic) bond motifs is 2. The van der Waals surface area contributed by atoms with E-state index in [1.54, 1.807) is 7.11 Å². The number of ether oxygens (including phenoxy) is 1. The van der Waals surface area contributed by atoms with E-state index in [-0.39, 0.29) is 17.9 Å². The van der Waals surface area contributed by atoms with Gasteiger partial charge < -0.3 is 19.0 Å². The maximum Gasteiger partial charge on any atom is 0.253 e. The summed E-state index contributed by atoms with van der Waals surface area (Å²) in [5.41, 5.74) is 1.51. The molecule has 4 rings (SSSR count). The predicted octanol–water partition coefficient (Wildman–Crippen LogP) is 3.23. The van der Waals surface area contributed by atoms with Gasteiger partial charge in [-0.25, -0.2) is 0 Å². The smallest absolute Gasteiger partial charge is 0.253 e. The largest absolute Gasteiger partial charge is 0.461 e. The minimum Gasteiger partial charge on any atom is -0.461 e. The molecule has 0 bridgehead atoms. The summed E-state index contributed by atoms with van der Waals surface area (Å²) >= 11 is 0. The first kappa shape index (κ1) is 19.0. The third-order valence-corrected chi connectivity index (χ3v) is 6.06. The number of aryl methyl sites for hydroxylation is 1. The average Bonchev–Trinajstić information content (AvgIpc) is 3.08. The van der Waals surface area contributed by atoms with Gasteiger partial charge >= 0.3 is 0 Å². The van der Waals surface area contributed by atoms with E-state index in [0.717, 1.165) is 49.1 Å². The van der Waals surface area contributed by atoms with Crippen molar-refractivity contribution in [3.05, 3.63) is 35.6 Å². The maximum absolute atomic E-state index is 13.1. The van der Waals surface area contributed by atoms with Crippen molar-refractivity contribution in [2.45, 2.75) is 38.6 Å². The Bertz CT molecular complexity index is 875. The van der Waals surface area contributed by atoms with E-state index in [0.29, 0.717) is 31.1 Å². The Balaban J connectivity index is 1.45. The topological polar surface area (TPSA) is 63.0 Å². The van der Waals surface area contributed by atoms with E-state index in [4.69, 9.17) is 9.15 Å². The quantitative estimate of drug-likeness (QED) is 0.743. The standard InChI is InChI=1S/C22H28N2O4/c1-15-12-18-13-16(4-6-20(18)28-15)22(26)23-10-8-19-17(14-23)5-7-21(25)24(19)9-3-11-27-2/h4,6,12-13,17,19H,3,5,7-11,14H2,1-2H3/t17-,19+/m0/s1. The number of rotatable bonds is 5. The lowest BCUT2D eigenvalue weighted by molar-refractivity contribution is -0.140. The highest BCUT2D eigenvalue weighted by Gasteiger charge is 2.40. The van der Waals surface area contributed by atoms with Gasteiger partial charge in [0, 0.05) is 56.8 Å². The molecule has 0 spiro atoms. The van der Waals surface area contributed by atoms with Gasteiger partial charge in [-0.2, -0.15) is 0 Å². The van der Waals surface area contributed by atoms with Crippen LogP contribution in [0.25, 0.3) is 11.0 Å². The summed E-state index contributed by atoms with van der Waals surface area (Å²) in [6.07, 6.45) is 3.16. The Morgan fingerprint density at radius 2 is 2.14 bits per heavy atom. The van der Waals surface area contributed by atoms with Crippen LogP contribution in [-0.4, -0.2) is 61.0 Å². The molecule has 3 heterocycles. The molecule has 2 aliphatic rings. The number of likely N-dealkylation sites (tertiary alicyclic amines) is 2. The van der Waals surface area contributed by atoms with Crippen LogP contribution in [0.3, 0.4) is 0 Å². The zero-order valence-corrected chi connectivity index (χ0v) is 16.6. The van der Waals surface area contributed by atoms with Crippen LogP contribution in [0.1, 0.15) is 41.8 Å². The summed E-state index contributed by atoms with van der Waals surface area (Å²) in [6, 6.07) is 7.85. The summed E-state index contributed by atoms with van der Waals surface area (Å²) in [5, 5.41) is 0.964. The number of methoxy groups -OCH3 is 1. The van der Waals surface area contributed by atoms with Gasteiger partial charge in [-0.1, -0.05) is 0 Å². The van der Waals surface area contributed by atoms with Crippen molar-refractivity contribution in [2.75, 3.05) is 33.4 Å². The Kier molecular flexibility index (Phi) is 5.40. The molecule has 0 N–H and O–H groups in total. The highest BCUT2D eigenvalue weighted by Crippen LogP contribution is 2.32. The fraction of sp³-hybridized carbons (Fsp3) is 0.545. The van der Waals surface area contributed by atoms with Gasteiger partial charge in [0.25, 0.3) is 5.91 Å². The molecule has 2 saturated heterocycles. The number of amides is 2. The lowest BCUT2D eigenvalue weighted by Crippen LogP contribution is -2.57. The third-order valence-electron chi connectivity index (χ3n) is 6.06. The van der Waals surface area contributed by atoms with Crippen LogP contribution in [0.2, 0.25) is 0 Å². The van der Waals surface area contributed by atoms with Crippen molar-refractivity contribution in [1.82, 2.24) is 9.80 Å². The van der Waals surface area contributed by atoms with E-state index in [9.17, 15) is 9.59 Å². The zero-order valence-electron chi connectivity index (χ0n) is 16.6. The molecule has 28 heavy (non-hydrogen) atoms. The Morgan fingerprint density at radius 1 is 1.29 bits per heavy atom. The highest BCUT2D eigenvalue weighted by molar-refractivity contribution is 5.98. The number of piperidine rings is 2. The molecule has 6 heteroatoms. The van der Waals surface area contributed by atoms with Crippen molar-refractivity contribution in [2.24, 2.45) is 5.92 Å². The number of hydrogen-bond acceptors (Lipinski definition) is 4. The SMILES string of the molecule is COCCCN1C(=O)CC[C@H]2CN(C(=O)c3ccc4oc(C)cc4c3)CC[C@H]21. The number of benzene rings is 1. The fourth-order valence-electron chi connectivity index (χ4n) is 4.70. The van der Waals surface area contributed by atoms with Gasteiger partial charge in [0.15, 0.2) is 0 Å². The Morgan fingerprint density at radius 3 is 2.96 bits per heavy atom. The minimum absolute atomic E-state index is 0.0713. The second kappa shape index (κ2) is 7.95. The monoisotopic (exact) mass is 384 g/mol. The molecular weight excluding hydrogens is 356 g/mol.